The van der Waals surface area contributed by atoms with Gasteiger partial charge in [0, 0.05) is 20.0 Å². The summed E-state index contributed by atoms with van der Waals surface area (Å²) in [5, 5.41) is 4.86. The van der Waals surface area contributed by atoms with Gasteiger partial charge < -0.3 is 15.3 Å². The predicted octanol–water partition coefficient (Wildman–Crippen LogP) is -1.24. The lowest BCUT2D eigenvalue weighted by Crippen LogP contribution is -2.35. The maximum absolute atomic E-state index is 11.1. The van der Waals surface area contributed by atoms with E-state index in [1.54, 1.807) is 0 Å². The van der Waals surface area contributed by atoms with Crippen LogP contribution in [0.15, 0.2) is 4.99 Å². The van der Waals surface area contributed by atoms with Gasteiger partial charge in [-0.25, -0.2) is 0 Å². The van der Waals surface area contributed by atoms with E-state index in [0.29, 0.717) is 19.4 Å². The Labute approximate surface area is 89.9 Å². The van der Waals surface area contributed by atoms with Gasteiger partial charge in [0.15, 0.2) is 0 Å². The van der Waals surface area contributed by atoms with Crippen molar-refractivity contribution in [3.8, 4) is 0 Å². The molecule has 2 radical (unpaired) electrons. The van der Waals surface area contributed by atoms with Gasteiger partial charge in [0.2, 0.25) is 11.8 Å². The standard InChI is InChI=1S/C8H14BN3O3/c1-10-8(14)5-12-7(13)3-2-4-11-6-15-9/h6H,2-5H2,1H3,(H,10,14)(H,12,13). The fourth-order valence-corrected chi connectivity index (χ4v) is 0.782. The number of hydrogen-bond donors (Lipinski definition) is 2. The summed E-state index contributed by atoms with van der Waals surface area (Å²) in [6.07, 6.45) is 2.01. The molecule has 6 nitrogen and oxygen atoms in total. The Morgan fingerprint density at radius 2 is 2.20 bits per heavy atom. The van der Waals surface area contributed by atoms with E-state index in [1.165, 1.54) is 7.05 Å². The first-order valence-electron chi connectivity index (χ1n) is 4.51. The Kier molecular flexibility index (Phi) is 8.13. The van der Waals surface area contributed by atoms with Gasteiger partial charge in [-0.3, -0.25) is 14.6 Å². The van der Waals surface area contributed by atoms with Crippen LogP contribution in [0.4, 0.5) is 0 Å². The number of nitrogens with one attached hydrogen (secondary N) is 2. The first-order valence-corrected chi connectivity index (χ1v) is 4.51. The Hall–Kier alpha value is -1.53. The highest BCUT2D eigenvalue weighted by Gasteiger charge is 2.02. The fraction of sp³-hybridized carbons (Fsp3) is 0.625. The third kappa shape index (κ3) is 8.80. The topological polar surface area (TPSA) is 79.8 Å². The van der Waals surface area contributed by atoms with Crippen LogP contribution in [0.25, 0.3) is 0 Å². The maximum Gasteiger partial charge on any atom is 0.375 e. The molecule has 0 saturated carbocycles. The number of aliphatic imine (C=N–C) groups is 1. The second kappa shape index (κ2) is 9.05. The second-order valence-corrected chi connectivity index (χ2v) is 2.70. The van der Waals surface area contributed by atoms with Crippen LogP contribution in [0.1, 0.15) is 12.8 Å². The van der Waals surface area contributed by atoms with Crippen molar-refractivity contribution >= 4 is 26.3 Å². The van der Waals surface area contributed by atoms with Crippen molar-refractivity contribution in [1.29, 1.82) is 0 Å². The van der Waals surface area contributed by atoms with Crippen LogP contribution in [0, 0.1) is 0 Å². The van der Waals surface area contributed by atoms with Gasteiger partial charge in [-0.05, 0) is 6.42 Å². The maximum atomic E-state index is 11.1. The average Bonchev–Trinajstić information content (AvgIpc) is 2.25. The fourth-order valence-electron chi connectivity index (χ4n) is 0.782. The SMILES string of the molecule is [B]OC=NCCCC(=O)NCC(=O)NC. The van der Waals surface area contributed by atoms with Crippen molar-refractivity contribution in [2.75, 3.05) is 20.1 Å². The molecule has 0 rings (SSSR count). The van der Waals surface area contributed by atoms with Crippen molar-refractivity contribution < 1.29 is 14.2 Å². The number of rotatable bonds is 7. The first kappa shape index (κ1) is 13.5. The van der Waals surface area contributed by atoms with Crippen LogP contribution in [-0.4, -0.2) is 46.4 Å². The van der Waals surface area contributed by atoms with Crippen molar-refractivity contribution in [2.45, 2.75) is 12.8 Å². The van der Waals surface area contributed by atoms with Crippen LogP contribution in [0.5, 0.6) is 0 Å². The third-order valence-corrected chi connectivity index (χ3v) is 1.55. The Balaban J connectivity index is 3.41. The molecule has 0 aliphatic rings. The predicted molar refractivity (Wildman–Crippen MR) is 56.5 cm³/mol. The zero-order valence-corrected chi connectivity index (χ0v) is 8.66. The van der Waals surface area contributed by atoms with Crippen molar-refractivity contribution in [3.63, 3.8) is 0 Å². The molecule has 82 valence electrons. The smallest absolute Gasteiger partial charge is 0.375 e. The molecule has 0 bridgehead atoms. The normalized spacial score (nSPS) is 9.93. The molecule has 0 heterocycles. The molecule has 2 amide bonds. The summed E-state index contributed by atoms with van der Waals surface area (Å²) in [5.41, 5.74) is 0. The highest BCUT2D eigenvalue weighted by molar-refractivity contribution is 6.02. The molecule has 0 fully saturated rings. The molecule has 2 N–H and O–H groups in total. The van der Waals surface area contributed by atoms with Crippen molar-refractivity contribution in [3.05, 3.63) is 0 Å². The highest BCUT2D eigenvalue weighted by atomic mass is 16.4. The summed E-state index contributed by atoms with van der Waals surface area (Å²) in [6.45, 7) is 0.467. The minimum Gasteiger partial charge on any atom is -0.560 e. The molecule has 0 unspecified atom stereocenters. The molecular weight excluding hydrogens is 197 g/mol. The summed E-state index contributed by atoms with van der Waals surface area (Å²) < 4.78 is 4.10. The summed E-state index contributed by atoms with van der Waals surface area (Å²) in [6, 6.07) is 0. The van der Waals surface area contributed by atoms with Crippen LogP contribution in [-0.2, 0) is 14.2 Å². The number of amides is 2. The zero-order valence-electron chi connectivity index (χ0n) is 8.66. The molecule has 0 spiro atoms. The molecule has 0 atom stereocenters. The van der Waals surface area contributed by atoms with Gasteiger partial charge >= 0.3 is 8.05 Å². The summed E-state index contributed by atoms with van der Waals surface area (Å²) >= 11 is 0. The lowest BCUT2D eigenvalue weighted by Gasteiger charge is -2.02. The third-order valence-electron chi connectivity index (χ3n) is 1.55. The molecule has 15 heavy (non-hydrogen) atoms. The highest BCUT2D eigenvalue weighted by Crippen LogP contribution is 1.88. The monoisotopic (exact) mass is 211 g/mol. The van der Waals surface area contributed by atoms with E-state index in [4.69, 9.17) is 8.05 Å². The van der Waals surface area contributed by atoms with Crippen LogP contribution in [0.3, 0.4) is 0 Å². The van der Waals surface area contributed by atoms with Crippen molar-refractivity contribution in [2.24, 2.45) is 4.99 Å². The molecule has 0 aromatic carbocycles. The van der Waals surface area contributed by atoms with E-state index in [-0.39, 0.29) is 18.4 Å². The van der Waals surface area contributed by atoms with E-state index in [2.05, 4.69) is 20.3 Å². The quantitative estimate of drug-likeness (QED) is 0.239. The minimum absolute atomic E-state index is 0.00448. The van der Waals surface area contributed by atoms with Gasteiger partial charge in [-0.1, -0.05) is 0 Å². The largest absolute Gasteiger partial charge is 0.560 e. The van der Waals surface area contributed by atoms with Gasteiger partial charge in [0.05, 0.1) is 6.54 Å². The van der Waals surface area contributed by atoms with Crippen molar-refractivity contribution in [1.82, 2.24) is 10.6 Å². The van der Waals surface area contributed by atoms with Gasteiger partial charge in [-0.2, -0.15) is 0 Å². The Morgan fingerprint density at radius 3 is 2.80 bits per heavy atom. The number of carbonyl (C=O) groups excluding carboxylic acids is 2. The number of nitrogens with zero attached hydrogens (tertiary/aromatic N) is 1. The summed E-state index contributed by atoms with van der Waals surface area (Å²) in [4.78, 5) is 25.6. The number of hydrogen-bond acceptors (Lipinski definition) is 4. The molecule has 0 saturated heterocycles. The Morgan fingerprint density at radius 1 is 1.47 bits per heavy atom. The van der Waals surface area contributed by atoms with E-state index in [0.717, 1.165) is 6.40 Å². The van der Waals surface area contributed by atoms with E-state index < -0.39 is 0 Å². The average molecular weight is 211 g/mol. The van der Waals surface area contributed by atoms with E-state index in [9.17, 15) is 9.59 Å². The summed E-state index contributed by atoms with van der Waals surface area (Å²) in [7, 11) is 6.20. The minimum atomic E-state index is -0.224. The molecule has 0 aromatic rings. The second-order valence-electron chi connectivity index (χ2n) is 2.70. The Bertz CT molecular complexity index is 233. The van der Waals surface area contributed by atoms with Gasteiger partial charge in [0.25, 0.3) is 0 Å². The first-order chi connectivity index (χ1) is 7.20. The van der Waals surface area contributed by atoms with Gasteiger partial charge in [0.1, 0.15) is 6.40 Å². The van der Waals surface area contributed by atoms with Crippen LogP contribution in [0.2, 0.25) is 0 Å². The molecule has 0 aliphatic heterocycles. The van der Waals surface area contributed by atoms with Crippen LogP contribution >= 0.6 is 0 Å². The van der Waals surface area contributed by atoms with Crippen LogP contribution < -0.4 is 10.6 Å². The molecule has 0 aromatic heterocycles. The van der Waals surface area contributed by atoms with Gasteiger partial charge in [-0.15, -0.1) is 0 Å². The molecular formula is C8H14BN3O3. The molecule has 0 aliphatic carbocycles. The summed E-state index contributed by atoms with van der Waals surface area (Å²) in [5.74, 6) is -0.402. The lowest BCUT2D eigenvalue weighted by molar-refractivity contribution is -0.125. The van der Waals surface area contributed by atoms with E-state index >= 15 is 0 Å². The van der Waals surface area contributed by atoms with E-state index in [1.807, 2.05) is 0 Å². The number of carbonyl (C=O) groups is 2. The lowest BCUT2D eigenvalue weighted by atomic mass is 10.3. The molecule has 7 heteroatoms. The number of likely N-dealkylation sites (N-methyl/N-ethyl adjacent to an activating group) is 1. The zero-order chi connectivity index (χ0) is 11.5.